The lowest BCUT2D eigenvalue weighted by Crippen LogP contribution is -2.23. The van der Waals surface area contributed by atoms with Crippen LogP contribution >= 0.6 is 0 Å². The molecule has 1 aromatic carbocycles. The molecule has 4 nitrogen and oxygen atoms in total. The summed E-state index contributed by atoms with van der Waals surface area (Å²) in [4.78, 5) is 0.309. The van der Waals surface area contributed by atoms with Crippen molar-refractivity contribution >= 4 is 9.84 Å². The third kappa shape index (κ3) is 5.61. The van der Waals surface area contributed by atoms with E-state index in [1.54, 1.807) is 24.3 Å². The van der Waals surface area contributed by atoms with Crippen molar-refractivity contribution in [2.75, 3.05) is 19.4 Å². The third-order valence-electron chi connectivity index (χ3n) is 3.07. The van der Waals surface area contributed by atoms with Crippen molar-refractivity contribution in [1.29, 1.82) is 0 Å². The van der Waals surface area contributed by atoms with Gasteiger partial charge in [0, 0.05) is 6.26 Å². The van der Waals surface area contributed by atoms with E-state index in [1.165, 1.54) is 6.26 Å². The molecular weight excluding hydrogens is 262 g/mol. The minimum atomic E-state index is -3.14. The van der Waals surface area contributed by atoms with Crippen molar-refractivity contribution in [3.63, 3.8) is 0 Å². The maximum absolute atomic E-state index is 11.3. The van der Waals surface area contributed by atoms with Crippen LogP contribution in [0.2, 0.25) is 0 Å². The molecule has 0 radical (unpaired) electrons. The second-order valence-electron chi connectivity index (χ2n) is 5.56. The predicted molar refractivity (Wildman–Crippen MR) is 77.1 cm³/mol. The third-order valence-corrected chi connectivity index (χ3v) is 4.20. The van der Waals surface area contributed by atoms with Crippen molar-refractivity contribution < 1.29 is 13.2 Å². The maximum atomic E-state index is 11.3. The number of sulfone groups is 1. The van der Waals surface area contributed by atoms with Gasteiger partial charge in [-0.3, -0.25) is 0 Å². The van der Waals surface area contributed by atoms with Gasteiger partial charge in [0.05, 0.1) is 11.5 Å². The Morgan fingerprint density at radius 2 is 1.79 bits per heavy atom. The van der Waals surface area contributed by atoms with Gasteiger partial charge in [-0.25, -0.2) is 8.42 Å². The SMILES string of the molecule is CC(C)(CN)CCCOc1ccc(S(C)(=O)=O)cc1. The molecule has 1 rings (SSSR count). The summed E-state index contributed by atoms with van der Waals surface area (Å²) >= 11 is 0. The fraction of sp³-hybridized carbons (Fsp3) is 0.571. The van der Waals surface area contributed by atoms with Gasteiger partial charge in [0.1, 0.15) is 5.75 Å². The van der Waals surface area contributed by atoms with E-state index in [0.717, 1.165) is 12.8 Å². The molecule has 0 bridgehead atoms. The topological polar surface area (TPSA) is 69.4 Å². The largest absolute Gasteiger partial charge is 0.494 e. The van der Waals surface area contributed by atoms with Crippen LogP contribution in [0.5, 0.6) is 5.75 Å². The second-order valence-corrected chi connectivity index (χ2v) is 7.58. The van der Waals surface area contributed by atoms with E-state index in [4.69, 9.17) is 10.5 Å². The molecule has 0 saturated heterocycles. The van der Waals surface area contributed by atoms with Gasteiger partial charge in [-0.05, 0) is 49.1 Å². The Balaban J connectivity index is 2.43. The van der Waals surface area contributed by atoms with Gasteiger partial charge in [-0.15, -0.1) is 0 Å². The van der Waals surface area contributed by atoms with Crippen molar-refractivity contribution in [3.8, 4) is 5.75 Å². The fourth-order valence-corrected chi connectivity index (χ4v) is 2.26. The predicted octanol–water partition coefficient (Wildman–Crippen LogP) is 2.23. The highest BCUT2D eigenvalue weighted by Gasteiger charge is 2.14. The van der Waals surface area contributed by atoms with Gasteiger partial charge in [-0.2, -0.15) is 0 Å². The number of hydrogen-bond donors (Lipinski definition) is 1. The van der Waals surface area contributed by atoms with Crippen LogP contribution in [0.3, 0.4) is 0 Å². The lowest BCUT2D eigenvalue weighted by Gasteiger charge is -2.21. The summed E-state index contributed by atoms with van der Waals surface area (Å²) in [6, 6.07) is 6.50. The molecule has 0 aromatic heterocycles. The Morgan fingerprint density at radius 1 is 1.21 bits per heavy atom. The number of ether oxygens (including phenoxy) is 1. The highest BCUT2D eigenvalue weighted by atomic mass is 32.2. The van der Waals surface area contributed by atoms with Crippen LogP contribution < -0.4 is 10.5 Å². The molecule has 0 fully saturated rings. The summed E-state index contributed by atoms with van der Waals surface area (Å²) in [5.74, 6) is 0.693. The summed E-state index contributed by atoms with van der Waals surface area (Å²) in [5.41, 5.74) is 5.80. The summed E-state index contributed by atoms with van der Waals surface area (Å²) < 4.78 is 28.2. The van der Waals surface area contributed by atoms with Gasteiger partial charge in [0.15, 0.2) is 9.84 Å². The highest BCUT2D eigenvalue weighted by Crippen LogP contribution is 2.21. The van der Waals surface area contributed by atoms with Crippen LogP contribution in [0.1, 0.15) is 26.7 Å². The smallest absolute Gasteiger partial charge is 0.175 e. The van der Waals surface area contributed by atoms with Gasteiger partial charge >= 0.3 is 0 Å². The van der Waals surface area contributed by atoms with Gasteiger partial charge in [0.25, 0.3) is 0 Å². The van der Waals surface area contributed by atoms with Crippen LogP contribution in [0, 0.1) is 5.41 Å². The number of hydrogen-bond acceptors (Lipinski definition) is 4. The molecule has 108 valence electrons. The Kier molecular flexibility index (Phi) is 5.38. The molecule has 1 aromatic rings. The average Bonchev–Trinajstić information content (AvgIpc) is 2.34. The van der Waals surface area contributed by atoms with Crippen LogP contribution in [-0.2, 0) is 9.84 Å². The van der Waals surface area contributed by atoms with E-state index < -0.39 is 9.84 Å². The van der Waals surface area contributed by atoms with Gasteiger partial charge in [-0.1, -0.05) is 13.8 Å². The molecule has 0 unspecified atom stereocenters. The molecule has 0 aliphatic carbocycles. The first-order valence-electron chi connectivity index (χ1n) is 6.38. The van der Waals surface area contributed by atoms with E-state index in [0.29, 0.717) is 23.8 Å². The van der Waals surface area contributed by atoms with Crippen molar-refractivity contribution in [2.45, 2.75) is 31.6 Å². The number of rotatable bonds is 7. The highest BCUT2D eigenvalue weighted by molar-refractivity contribution is 7.90. The molecule has 0 saturated carbocycles. The van der Waals surface area contributed by atoms with Crippen LogP contribution in [0.15, 0.2) is 29.2 Å². The van der Waals surface area contributed by atoms with E-state index >= 15 is 0 Å². The van der Waals surface area contributed by atoms with E-state index in [9.17, 15) is 8.42 Å². The van der Waals surface area contributed by atoms with E-state index in [2.05, 4.69) is 13.8 Å². The second kappa shape index (κ2) is 6.39. The Morgan fingerprint density at radius 3 is 2.26 bits per heavy atom. The molecule has 0 spiro atoms. The number of nitrogens with two attached hydrogens (primary N) is 1. The molecule has 0 heterocycles. The average molecular weight is 285 g/mol. The van der Waals surface area contributed by atoms with Gasteiger partial charge in [0.2, 0.25) is 0 Å². The zero-order valence-electron chi connectivity index (χ0n) is 11.8. The molecule has 5 heteroatoms. The van der Waals surface area contributed by atoms with Crippen LogP contribution in [-0.4, -0.2) is 27.8 Å². The summed E-state index contributed by atoms with van der Waals surface area (Å²) in [6.07, 6.45) is 3.13. The molecule has 2 N–H and O–H groups in total. The summed E-state index contributed by atoms with van der Waals surface area (Å²) in [6.45, 7) is 5.54. The summed E-state index contributed by atoms with van der Waals surface area (Å²) in [7, 11) is -3.14. The first kappa shape index (κ1) is 16.0. The molecule has 0 aliphatic heterocycles. The normalized spacial score (nSPS) is 12.4. The Bertz CT molecular complexity index is 492. The quantitative estimate of drug-likeness (QED) is 0.780. The zero-order valence-corrected chi connectivity index (χ0v) is 12.7. The molecule has 0 atom stereocenters. The number of benzene rings is 1. The monoisotopic (exact) mass is 285 g/mol. The minimum Gasteiger partial charge on any atom is -0.494 e. The summed E-state index contributed by atoms with van der Waals surface area (Å²) in [5, 5.41) is 0. The fourth-order valence-electron chi connectivity index (χ4n) is 1.63. The lowest BCUT2D eigenvalue weighted by atomic mass is 9.88. The first-order chi connectivity index (χ1) is 8.74. The zero-order chi connectivity index (χ0) is 14.5. The van der Waals surface area contributed by atoms with Crippen molar-refractivity contribution in [3.05, 3.63) is 24.3 Å². The van der Waals surface area contributed by atoms with Gasteiger partial charge < -0.3 is 10.5 Å². The van der Waals surface area contributed by atoms with Crippen molar-refractivity contribution in [2.24, 2.45) is 11.1 Å². The lowest BCUT2D eigenvalue weighted by molar-refractivity contribution is 0.261. The maximum Gasteiger partial charge on any atom is 0.175 e. The Labute approximate surface area is 115 Å². The van der Waals surface area contributed by atoms with Crippen molar-refractivity contribution in [1.82, 2.24) is 0 Å². The standard InChI is InChI=1S/C14H23NO3S/c1-14(2,11-15)9-4-10-18-12-5-7-13(8-6-12)19(3,16)17/h5-8H,4,9-11,15H2,1-3H3. The van der Waals surface area contributed by atoms with E-state index in [1.807, 2.05) is 0 Å². The van der Waals surface area contributed by atoms with E-state index in [-0.39, 0.29) is 5.41 Å². The molecule has 19 heavy (non-hydrogen) atoms. The molecule has 0 amide bonds. The minimum absolute atomic E-state index is 0.142. The van der Waals surface area contributed by atoms with Crippen LogP contribution in [0.25, 0.3) is 0 Å². The first-order valence-corrected chi connectivity index (χ1v) is 8.27. The molecular formula is C14H23NO3S. The van der Waals surface area contributed by atoms with Crippen LogP contribution in [0.4, 0.5) is 0 Å². The Hall–Kier alpha value is -1.07. The molecule has 0 aliphatic rings.